The Balaban J connectivity index is 1.84. The Kier molecular flexibility index (Phi) is 5.12. The summed E-state index contributed by atoms with van der Waals surface area (Å²) >= 11 is 3.23. The first-order valence-corrected chi connectivity index (χ1v) is 7.51. The van der Waals surface area contributed by atoms with Crippen molar-refractivity contribution < 1.29 is 9.18 Å². The average molecular weight is 354 g/mol. The van der Waals surface area contributed by atoms with Crippen molar-refractivity contribution in [3.8, 4) is 0 Å². The lowest BCUT2D eigenvalue weighted by molar-refractivity contribution is 0.0948. The number of aromatic nitrogens is 2. The molecule has 0 aliphatic rings. The maximum atomic E-state index is 13.6. The molecule has 1 amide bonds. The van der Waals surface area contributed by atoms with Crippen molar-refractivity contribution in [2.24, 2.45) is 0 Å². The van der Waals surface area contributed by atoms with Crippen molar-refractivity contribution >= 4 is 21.8 Å². The lowest BCUT2D eigenvalue weighted by Crippen LogP contribution is -2.26. The first kappa shape index (κ1) is 15.7. The van der Waals surface area contributed by atoms with Crippen molar-refractivity contribution in [1.29, 1.82) is 0 Å². The van der Waals surface area contributed by atoms with Gasteiger partial charge in [-0.25, -0.2) is 4.39 Å². The van der Waals surface area contributed by atoms with Gasteiger partial charge in [0.25, 0.3) is 5.91 Å². The van der Waals surface area contributed by atoms with E-state index in [0.717, 1.165) is 24.4 Å². The number of rotatable bonds is 5. The van der Waals surface area contributed by atoms with Gasteiger partial charge >= 0.3 is 0 Å². The summed E-state index contributed by atoms with van der Waals surface area (Å²) < 4.78 is 16.1. The van der Waals surface area contributed by atoms with Gasteiger partial charge in [0.1, 0.15) is 5.82 Å². The number of nitrogens with one attached hydrogen (secondary N) is 1. The molecular weight excluding hydrogens is 337 g/mol. The van der Waals surface area contributed by atoms with Gasteiger partial charge in [0.05, 0.1) is 11.3 Å². The highest BCUT2D eigenvalue weighted by atomic mass is 79.9. The highest BCUT2D eigenvalue weighted by Crippen LogP contribution is 2.15. The monoisotopic (exact) mass is 353 g/mol. The number of carbonyl (C=O) groups excluding carboxylic acids is 1. The average Bonchev–Trinajstić information content (AvgIpc) is 2.75. The molecule has 21 heavy (non-hydrogen) atoms. The highest BCUT2D eigenvalue weighted by molar-refractivity contribution is 9.10. The largest absolute Gasteiger partial charge is 0.352 e. The summed E-state index contributed by atoms with van der Waals surface area (Å²) in [7, 11) is 0. The summed E-state index contributed by atoms with van der Waals surface area (Å²) in [4.78, 5) is 11.9. The van der Waals surface area contributed by atoms with Crippen LogP contribution in [0.3, 0.4) is 0 Å². The van der Waals surface area contributed by atoms with E-state index in [1.165, 1.54) is 12.1 Å². The first-order valence-electron chi connectivity index (χ1n) is 6.71. The molecule has 0 spiro atoms. The van der Waals surface area contributed by atoms with E-state index in [4.69, 9.17) is 0 Å². The van der Waals surface area contributed by atoms with Crippen LogP contribution in [-0.4, -0.2) is 22.2 Å². The molecule has 112 valence electrons. The van der Waals surface area contributed by atoms with Gasteiger partial charge in [0, 0.05) is 23.3 Å². The van der Waals surface area contributed by atoms with Crippen LogP contribution in [0.15, 0.2) is 28.7 Å². The van der Waals surface area contributed by atoms with Gasteiger partial charge in [-0.2, -0.15) is 5.10 Å². The lowest BCUT2D eigenvalue weighted by Gasteiger charge is -2.07. The van der Waals surface area contributed by atoms with E-state index in [2.05, 4.69) is 26.3 Å². The SMILES string of the molecule is Cc1cc(C)n(CCCNC(=O)c2cc(Br)ccc2F)n1. The molecule has 0 saturated carbocycles. The summed E-state index contributed by atoms with van der Waals surface area (Å²) in [5.41, 5.74) is 2.13. The summed E-state index contributed by atoms with van der Waals surface area (Å²) in [6.07, 6.45) is 0.739. The third-order valence-electron chi connectivity index (χ3n) is 3.11. The molecule has 0 unspecified atom stereocenters. The van der Waals surface area contributed by atoms with E-state index in [9.17, 15) is 9.18 Å². The van der Waals surface area contributed by atoms with Crippen LogP contribution in [0.2, 0.25) is 0 Å². The van der Waals surface area contributed by atoms with Gasteiger partial charge in [0.2, 0.25) is 0 Å². The number of nitrogens with zero attached hydrogens (tertiary/aromatic N) is 2. The molecule has 0 aliphatic carbocycles. The van der Waals surface area contributed by atoms with E-state index < -0.39 is 11.7 Å². The Labute approximate surface area is 131 Å². The third kappa shape index (κ3) is 4.14. The van der Waals surface area contributed by atoms with Crippen molar-refractivity contribution in [1.82, 2.24) is 15.1 Å². The molecule has 1 aromatic carbocycles. The van der Waals surface area contributed by atoms with Crippen LogP contribution in [0.25, 0.3) is 0 Å². The zero-order chi connectivity index (χ0) is 15.4. The minimum atomic E-state index is -0.519. The highest BCUT2D eigenvalue weighted by Gasteiger charge is 2.11. The fourth-order valence-corrected chi connectivity index (χ4v) is 2.46. The van der Waals surface area contributed by atoms with Crippen molar-refractivity contribution in [2.45, 2.75) is 26.8 Å². The zero-order valence-electron chi connectivity index (χ0n) is 12.0. The second kappa shape index (κ2) is 6.85. The van der Waals surface area contributed by atoms with Gasteiger partial charge < -0.3 is 5.32 Å². The zero-order valence-corrected chi connectivity index (χ0v) is 13.6. The molecule has 0 saturated heterocycles. The van der Waals surface area contributed by atoms with Gasteiger partial charge in [-0.05, 0) is 44.5 Å². The quantitative estimate of drug-likeness (QED) is 0.838. The Morgan fingerprint density at radius 3 is 2.81 bits per heavy atom. The normalized spacial score (nSPS) is 10.7. The van der Waals surface area contributed by atoms with Gasteiger partial charge in [0.15, 0.2) is 0 Å². The van der Waals surface area contributed by atoms with Crippen molar-refractivity contribution in [3.05, 3.63) is 51.5 Å². The minimum absolute atomic E-state index is 0.0514. The van der Waals surface area contributed by atoms with Crippen LogP contribution in [0.4, 0.5) is 4.39 Å². The number of halogens is 2. The number of amides is 1. The van der Waals surface area contributed by atoms with Crippen LogP contribution in [0, 0.1) is 19.7 Å². The molecule has 2 aromatic rings. The number of hydrogen-bond acceptors (Lipinski definition) is 2. The Bertz CT molecular complexity index is 654. The minimum Gasteiger partial charge on any atom is -0.352 e. The Hall–Kier alpha value is -1.69. The molecule has 0 atom stereocenters. The molecule has 0 fully saturated rings. The molecule has 6 heteroatoms. The molecule has 1 N–H and O–H groups in total. The number of hydrogen-bond donors (Lipinski definition) is 1. The van der Waals surface area contributed by atoms with Crippen molar-refractivity contribution in [2.75, 3.05) is 6.54 Å². The third-order valence-corrected chi connectivity index (χ3v) is 3.60. The predicted molar refractivity (Wildman–Crippen MR) is 82.8 cm³/mol. The molecule has 0 radical (unpaired) electrons. The maximum Gasteiger partial charge on any atom is 0.254 e. The fraction of sp³-hybridized carbons (Fsp3) is 0.333. The van der Waals surface area contributed by atoms with Crippen LogP contribution >= 0.6 is 15.9 Å². The molecular formula is C15H17BrFN3O. The summed E-state index contributed by atoms with van der Waals surface area (Å²) in [6, 6.07) is 6.32. The van der Waals surface area contributed by atoms with E-state index in [1.54, 1.807) is 6.07 Å². The number of carbonyl (C=O) groups is 1. The molecule has 1 heterocycles. The second-order valence-corrected chi connectivity index (χ2v) is 5.80. The summed E-state index contributed by atoms with van der Waals surface area (Å²) in [5, 5.41) is 7.07. The van der Waals surface area contributed by atoms with Crippen molar-refractivity contribution in [3.63, 3.8) is 0 Å². The topological polar surface area (TPSA) is 46.9 Å². The Morgan fingerprint density at radius 2 is 2.14 bits per heavy atom. The standard InChI is InChI=1S/C15H17BrFN3O/c1-10-8-11(2)20(19-10)7-3-6-18-15(21)13-9-12(16)4-5-14(13)17/h4-5,8-9H,3,6-7H2,1-2H3,(H,18,21). The maximum absolute atomic E-state index is 13.6. The summed E-state index contributed by atoms with van der Waals surface area (Å²) in [5.74, 6) is -0.920. The van der Waals surface area contributed by atoms with E-state index in [1.807, 2.05) is 24.6 Å². The van der Waals surface area contributed by atoms with E-state index >= 15 is 0 Å². The smallest absolute Gasteiger partial charge is 0.254 e. The van der Waals surface area contributed by atoms with E-state index in [-0.39, 0.29) is 5.56 Å². The predicted octanol–water partition coefficient (Wildman–Crippen LogP) is 3.22. The number of aryl methyl sites for hydroxylation is 3. The van der Waals surface area contributed by atoms with Crippen LogP contribution < -0.4 is 5.32 Å². The van der Waals surface area contributed by atoms with Crippen LogP contribution in [0.1, 0.15) is 28.2 Å². The molecule has 4 nitrogen and oxygen atoms in total. The van der Waals surface area contributed by atoms with Crippen LogP contribution in [0.5, 0.6) is 0 Å². The second-order valence-electron chi connectivity index (χ2n) is 4.88. The first-order chi connectivity index (χ1) is 9.97. The molecule has 1 aromatic heterocycles. The van der Waals surface area contributed by atoms with Gasteiger partial charge in [-0.15, -0.1) is 0 Å². The number of benzene rings is 1. The van der Waals surface area contributed by atoms with Gasteiger partial charge in [-0.1, -0.05) is 15.9 Å². The summed E-state index contributed by atoms with van der Waals surface area (Å²) in [6.45, 7) is 5.14. The van der Waals surface area contributed by atoms with E-state index in [0.29, 0.717) is 11.0 Å². The van der Waals surface area contributed by atoms with Gasteiger partial charge in [-0.3, -0.25) is 9.48 Å². The molecule has 0 aliphatic heterocycles. The lowest BCUT2D eigenvalue weighted by atomic mass is 10.2. The Morgan fingerprint density at radius 1 is 1.38 bits per heavy atom. The fourth-order valence-electron chi connectivity index (χ4n) is 2.10. The van der Waals surface area contributed by atoms with Crippen LogP contribution in [-0.2, 0) is 6.54 Å². The molecule has 2 rings (SSSR count). The molecule has 0 bridgehead atoms.